The van der Waals surface area contributed by atoms with Crippen LogP contribution in [0.4, 0.5) is 0 Å². The number of imidazole rings is 1. The fourth-order valence-electron chi connectivity index (χ4n) is 3.99. The summed E-state index contributed by atoms with van der Waals surface area (Å²) in [6, 6.07) is 7.62. The molecular formula is C22H27N3O2S. The van der Waals surface area contributed by atoms with E-state index in [0.717, 1.165) is 54.4 Å². The van der Waals surface area contributed by atoms with Gasteiger partial charge in [-0.25, -0.2) is 4.98 Å². The molecule has 5 nitrogen and oxygen atoms in total. The Hall–Kier alpha value is -2.18. The number of benzene rings is 1. The smallest absolute Gasteiger partial charge is 0.194 e. The first-order valence-electron chi connectivity index (χ1n) is 9.95. The number of hydrogen-bond acceptors (Lipinski definition) is 5. The maximum atomic E-state index is 13.1. The Kier molecular flexibility index (Phi) is 5.51. The van der Waals surface area contributed by atoms with Crippen molar-refractivity contribution in [2.24, 2.45) is 5.92 Å². The summed E-state index contributed by atoms with van der Waals surface area (Å²) in [5.74, 6) is 1.03. The first kappa shape index (κ1) is 19.2. The minimum Gasteiger partial charge on any atom is -0.491 e. The van der Waals surface area contributed by atoms with E-state index >= 15 is 0 Å². The van der Waals surface area contributed by atoms with Crippen LogP contribution in [0.25, 0.3) is 4.96 Å². The van der Waals surface area contributed by atoms with Crippen LogP contribution in [0.5, 0.6) is 5.75 Å². The largest absolute Gasteiger partial charge is 0.491 e. The molecule has 1 aliphatic rings. The molecule has 148 valence electrons. The molecule has 3 aromatic rings. The fourth-order valence-corrected chi connectivity index (χ4v) is 4.77. The molecule has 2 aromatic heterocycles. The number of aromatic nitrogens is 2. The van der Waals surface area contributed by atoms with Crippen molar-refractivity contribution in [3.63, 3.8) is 0 Å². The zero-order chi connectivity index (χ0) is 19.7. The molecule has 0 unspecified atom stereocenters. The van der Waals surface area contributed by atoms with E-state index in [-0.39, 0.29) is 17.8 Å². The van der Waals surface area contributed by atoms with Crippen LogP contribution in [-0.4, -0.2) is 39.3 Å². The van der Waals surface area contributed by atoms with Crippen molar-refractivity contribution in [1.29, 1.82) is 0 Å². The maximum absolute atomic E-state index is 13.1. The van der Waals surface area contributed by atoms with Gasteiger partial charge in [0.15, 0.2) is 10.7 Å². The van der Waals surface area contributed by atoms with Gasteiger partial charge in [0.2, 0.25) is 0 Å². The molecular weight excluding hydrogens is 370 g/mol. The first-order valence-corrected chi connectivity index (χ1v) is 10.8. The van der Waals surface area contributed by atoms with Crippen LogP contribution in [0.1, 0.15) is 48.4 Å². The first-order chi connectivity index (χ1) is 13.5. The Labute approximate surface area is 170 Å². The maximum Gasteiger partial charge on any atom is 0.194 e. The van der Waals surface area contributed by atoms with E-state index in [4.69, 9.17) is 4.74 Å². The molecule has 0 spiro atoms. The summed E-state index contributed by atoms with van der Waals surface area (Å²) in [6.07, 6.45) is 4.18. The molecule has 3 heterocycles. The molecule has 0 aliphatic carbocycles. The summed E-state index contributed by atoms with van der Waals surface area (Å²) >= 11 is 1.66. The van der Waals surface area contributed by atoms with Gasteiger partial charge in [0.25, 0.3) is 0 Å². The number of likely N-dealkylation sites (tertiary alicyclic amines) is 1. The third kappa shape index (κ3) is 3.98. The number of rotatable bonds is 6. The van der Waals surface area contributed by atoms with Gasteiger partial charge in [0.1, 0.15) is 5.75 Å². The summed E-state index contributed by atoms with van der Waals surface area (Å²) in [4.78, 5) is 21.2. The minimum absolute atomic E-state index is 0.0363. The summed E-state index contributed by atoms with van der Waals surface area (Å²) in [5, 5.41) is 2.07. The molecule has 1 aliphatic heterocycles. The molecule has 0 amide bonds. The third-order valence-corrected chi connectivity index (χ3v) is 6.06. The number of piperidine rings is 1. The lowest BCUT2D eigenvalue weighted by Gasteiger charge is -2.32. The molecule has 0 radical (unpaired) electrons. The van der Waals surface area contributed by atoms with Crippen molar-refractivity contribution in [2.75, 3.05) is 13.1 Å². The van der Waals surface area contributed by atoms with Gasteiger partial charge < -0.3 is 4.74 Å². The highest BCUT2D eigenvalue weighted by atomic mass is 32.1. The monoisotopic (exact) mass is 397 g/mol. The van der Waals surface area contributed by atoms with Gasteiger partial charge in [-0.05, 0) is 52.3 Å². The fraction of sp³-hybridized carbons (Fsp3) is 0.455. The van der Waals surface area contributed by atoms with E-state index in [9.17, 15) is 4.79 Å². The minimum atomic E-state index is 0.0363. The average Bonchev–Trinajstić information content (AvgIpc) is 3.23. The number of nitrogens with zero attached hydrogens (tertiary/aromatic N) is 3. The van der Waals surface area contributed by atoms with Crippen LogP contribution >= 0.6 is 11.3 Å². The summed E-state index contributed by atoms with van der Waals surface area (Å²) in [7, 11) is 0. The summed E-state index contributed by atoms with van der Waals surface area (Å²) < 4.78 is 7.94. The predicted octanol–water partition coefficient (Wildman–Crippen LogP) is 4.59. The predicted molar refractivity (Wildman–Crippen MR) is 112 cm³/mol. The van der Waals surface area contributed by atoms with E-state index < -0.39 is 0 Å². The number of thiazole rings is 1. The standard InChI is InChI=1S/C22H27N3O2S/c1-15(2)27-19-8-4-6-17(12-19)21(26)18-7-5-9-24(13-18)14-20-16(3)23-22-25(20)10-11-28-22/h4,6,8,10-12,15,18H,5,7,9,13-14H2,1-3H3/t18-/m0/s1. The molecule has 1 fully saturated rings. The number of hydrogen-bond donors (Lipinski definition) is 0. The zero-order valence-corrected chi connectivity index (χ0v) is 17.5. The zero-order valence-electron chi connectivity index (χ0n) is 16.7. The highest BCUT2D eigenvalue weighted by molar-refractivity contribution is 7.15. The Bertz CT molecular complexity index is 975. The molecule has 1 saturated heterocycles. The Morgan fingerprint density at radius 3 is 3.07 bits per heavy atom. The lowest BCUT2D eigenvalue weighted by Crippen LogP contribution is -2.38. The van der Waals surface area contributed by atoms with Crippen LogP contribution in [0.2, 0.25) is 0 Å². The number of ether oxygens (including phenoxy) is 1. The van der Waals surface area contributed by atoms with Crippen LogP contribution < -0.4 is 4.74 Å². The number of aryl methyl sites for hydroxylation is 1. The summed E-state index contributed by atoms with van der Waals surface area (Å²) in [6.45, 7) is 8.72. The average molecular weight is 398 g/mol. The molecule has 1 aromatic carbocycles. The molecule has 1 atom stereocenters. The van der Waals surface area contributed by atoms with Crippen LogP contribution in [0.15, 0.2) is 35.8 Å². The Morgan fingerprint density at radius 1 is 1.39 bits per heavy atom. The molecule has 6 heteroatoms. The molecule has 0 bridgehead atoms. The van der Waals surface area contributed by atoms with Crippen LogP contribution in [0, 0.1) is 12.8 Å². The van der Waals surface area contributed by atoms with Gasteiger partial charge in [0, 0.05) is 36.1 Å². The van der Waals surface area contributed by atoms with Gasteiger partial charge >= 0.3 is 0 Å². The summed E-state index contributed by atoms with van der Waals surface area (Å²) in [5.41, 5.74) is 3.07. The Morgan fingerprint density at radius 2 is 2.25 bits per heavy atom. The van der Waals surface area contributed by atoms with Crippen LogP contribution in [-0.2, 0) is 6.54 Å². The number of carbonyl (C=O) groups excluding carboxylic acids is 1. The SMILES string of the molecule is Cc1nc2sccn2c1CN1CCC[C@H](C(=O)c2cccc(OC(C)C)c2)C1. The number of carbonyl (C=O) groups is 1. The van der Waals surface area contributed by atoms with Gasteiger partial charge in [-0.15, -0.1) is 11.3 Å². The second-order valence-electron chi connectivity index (χ2n) is 7.83. The molecule has 4 rings (SSSR count). The highest BCUT2D eigenvalue weighted by Gasteiger charge is 2.28. The van der Waals surface area contributed by atoms with E-state index in [1.165, 1.54) is 5.69 Å². The normalized spacial score (nSPS) is 18.1. The lowest BCUT2D eigenvalue weighted by molar-refractivity contribution is 0.0809. The van der Waals surface area contributed by atoms with Gasteiger partial charge in [-0.3, -0.25) is 14.1 Å². The van der Waals surface area contributed by atoms with Crippen molar-refractivity contribution in [1.82, 2.24) is 14.3 Å². The van der Waals surface area contributed by atoms with Crippen molar-refractivity contribution in [2.45, 2.75) is 46.3 Å². The van der Waals surface area contributed by atoms with Crippen molar-refractivity contribution < 1.29 is 9.53 Å². The van der Waals surface area contributed by atoms with Crippen LogP contribution in [0.3, 0.4) is 0 Å². The van der Waals surface area contributed by atoms with E-state index in [0.29, 0.717) is 0 Å². The van der Waals surface area contributed by atoms with Gasteiger partial charge in [-0.2, -0.15) is 0 Å². The van der Waals surface area contributed by atoms with E-state index in [2.05, 4.69) is 32.8 Å². The molecule has 28 heavy (non-hydrogen) atoms. The second kappa shape index (κ2) is 8.05. The van der Waals surface area contributed by atoms with Gasteiger partial charge in [0.05, 0.1) is 17.5 Å². The highest BCUT2D eigenvalue weighted by Crippen LogP contribution is 2.26. The number of ketones is 1. The quantitative estimate of drug-likeness (QED) is 0.571. The lowest BCUT2D eigenvalue weighted by atomic mass is 9.90. The number of fused-ring (bicyclic) bond motifs is 1. The topological polar surface area (TPSA) is 46.8 Å². The van der Waals surface area contributed by atoms with Crippen molar-refractivity contribution in [3.8, 4) is 5.75 Å². The molecule has 0 saturated carbocycles. The van der Waals surface area contributed by atoms with E-state index in [1.54, 1.807) is 11.3 Å². The number of Topliss-reactive ketones (excluding diaryl/α,β-unsaturated/α-hetero) is 1. The third-order valence-electron chi connectivity index (χ3n) is 5.30. The van der Waals surface area contributed by atoms with Gasteiger partial charge in [-0.1, -0.05) is 12.1 Å². The second-order valence-corrected chi connectivity index (χ2v) is 8.71. The molecule has 0 N–H and O–H groups in total. The van der Waals surface area contributed by atoms with Crippen molar-refractivity contribution >= 4 is 22.1 Å². The van der Waals surface area contributed by atoms with Crippen molar-refractivity contribution in [3.05, 3.63) is 52.8 Å². The Balaban J connectivity index is 1.47. The van der Waals surface area contributed by atoms with E-state index in [1.807, 2.05) is 38.1 Å².